The summed E-state index contributed by atoms with van der Waals surface area (Å²) >= 11 is 0. The lowest BCUT2D eigenvalue weighted by Gasteiger charge is -2.31. The van der Waals surface area contributed by atoms with E-state index in [4.69, 9.17) is 0 Å². The highest BCUT2D eigenvalue weighted by atomic mass is 16.3. The topological polar surface area (TPSA) is 23.5 Å². The van der Waals surface area contributed by atoms with E-state index < -0.39 is 0 Å². The van der Waals surface area contributed by atoms with Gasteiger partial charge in [0.15, 0.2) is 0 Å². The standard InChI is InChI=1S/C18H27NO/c1-2-14-8-10-15(11-9-14)13-19-12-4-6-17(19)16-5-3-7-18(16)20/h8-11,16-18,20H,2-7,12-13H2,1H3. The molecule has 1 saturated heterocycles. The normalized spacial score (nSPS) is 31.0. The van der Waals surface area contributed by atoms with Crippen molar-refractivity contribution in [1.29, 1.82) is 0 Å². The summed E-state index contributed by atoms with van der Waals surface area (Å²) in [4.78, 5) is 2.61. The molecule has 110 valence electrons. The number of aliphatic hydroxyl groups is 1. The Labute approximate surface area is 122 Å². The van der Waals surface area contributed by atoms with Gasteiger partial charge in [0.25, 0.3) is 0 Å². The van der Waals surface area contributed by atoms with E-state index in [1.807, 2.05) is 0 Å². The number of hydrogen-bond donors (Lipinski definition) is 1. The van der Waals surface area contributed by atoms with Gasteiger partial charge >= 0.3 is 0 Å². The lowest BCUT2D eigenvalue weighted by Crippen LogP contribution is -2.38. The minimum Gasteiger partial charge on any atom is -0.393 e. The Bertz CT molecular complexity index is 428. The van der Waals surface area contributed by atoms with Crippen LogP contribution in [0.1, 0.15) is 50.2 Å². The van der Waals surface area contributed by atoms with Crippen molar-refractivity contribution in [2.75, 3.05) is 6.54 Å². The molecule has 1 aromatic carbocycles. The van der Waals surface area contributed by atoms with Gasteiger partial charge in [0.2, 0.25) is 0 Å². The molecule has 1 N–H and O–H groups in total. The first-order valence-corrected chi connectivity index (χ1v) is 8.28. The highest BCUT2D eigenvalue weighted by molar-refractivity contribution is 5.22. The van der Waals surface area contributed by atoms with Crippen LogP contribution in [0.3, 0.4) is 0 Å². The van der Waals surface area contributed by atoms with Crippen molar-refractivity contribution in [3.8, 4) is 0 Å². The van der Waals surface area contributed by atoms with Crippen molar-refractivity contribution in [3.05, 3.63) is 35.4 Å². The summed E-state index contributed by atoms with van der Waals surface area (Å²) < 4.78 is 0. The molecular weight excluding hydrogens is 246 g/mol. The first-order valence-electron chi connectivity index (χ1n) is 8.28. The third-order valence-corrected chi connectivity index (χ3v) is 5.26. The van der Waals surface area contributed by atoms with E-state index in [9.17, 15) is 5.11 Å². The lowest BCUT2D eigenvalue weighted by molar-refractivity contribution is 0.0719. The number of nitrogens with zero attached hydrogens (tertiary/aromatic N) is 1. The second-order valence-corrected chi connectivity index (χ2v) is 6.51. The van der Waals surface area contributed by atoms with Crippen molar-refractivity contribution >= 4 is 0 Å². The van der Waals surface area contributed by atoms with Crippen molar-refractivity contribution in [2.24, 2.45) is 5.92 Å². The molecule has 1 aromatic rings. The molecule has 1 heterocycles. The largest absolute Gasteiger partial charge is 0.393 e. The van der Waals surface area contributed by atoms with Gasteiger partial charge in [-0.3, -0.25) is 4.90 Å². The Morgan fingerprint density at radius 3 is 2.45 bits per heavy atom. The van der Waals surface area contributed by atoms with Crippen molar-refractivity contribution in [2.45, 2.75) is 64.1 Å². The summed E-state index contributed by atoms with van der Waals surface area (Å²) in [5.74, 6) is 0.521. The highest BCUT2D eigenvalue weighted by Gasteiger charge is 2.37. The zero-order chi connectivity index (χ0) is 13.9. The molecule has 2 nitrogen and oxygen atoms in total. The first-order chi connectivity index (χ1) is 9.78. The predicted molar refractivity (Wildman–Crippen MR) is 82.6 cm³/mol. The summed E-state index contributed by atoms with van der Waals surface area (Å²) in [6.07, 6.45) is 7.07. The maximum absolute atomic E-state index is 10.2. The van der Waals surface area contributed by atoms with Crippen LogP contribution < -0.4 is 0 Å². The minimum absolute atomic E-state index is 0.0527. The number of aryl methyl sites for hydroxylation is 1. The van der Waals surface area contributed by atoms with E-state index in [1.54, 1.807) is 0 Å². The van der Waals surface area contributed by atoms with Crippen LogP contribution in [-0.4, -0.2) is 28.7 Å². The molecule has 0 aromatic heterocycles. The van der Waals surface area contributed by atoms with Gasteiger partial charge in [-0.2, -0.15) is 0 Å². The van der Waals surface area contributed by atoms with Crippen molar-refractivity contribution < 1.29 is 5.11 Å². The van der Waals surface area contributed by atoms with E-state index in [0.29, 0.717) is 12.0 Å². The minimum atomic E-state index is -0.0527. The SMILES string of the molecule is CCc1ccc(CN2CCCC2C2CCCC2O)cc1. The Kier molecular flexibility index (Phi) is 4.42. The summed E-state index contributed by atoms with van der Waals surface area (Å²) in [6, 6.07) is 9.67. The lowest BCUT2D eigenvalue weighted by atomic mass is 9.94. The van der Waals surface area contributed by atoms with Gasteiger partial charge in [0.1, 0.15) is 0 Å². The summed E-state index contributed by atoms with van der Waals surface area (Å²) in [7, 11) is 0. The van der Waals surface area contributed by atoms with Crippen LogP contribution in [0.4, 0.5) is 0 Å². The van der Waals surface area contributed by atoms with E-state index in [0.717, 1.165) is 19.4 Å². The number of rotatable bonds is 4. The first kappa shape index (κ1) is 14.1. The second kappa shape index (κ2) is 6.28. The molecule has 1 aliphatic carbocycles. The number of hydrogen-bond acceptors (Lipinski definition) is 2. The fourth-order valence-corrected chi connectivity index (χ4v) is 4.07. The summed E-state index contributed by atoms with van der Waals surface area (Å²) in [6.45, 7) is 4.45. The maximum Gasteiger partial charge on any atom is 0.0583 e. The van der Waals surface area contributed by atoms with Crippen LogP contribution in [0.25, 0.3) is 0 Å². The van der Waals surface area contributed by atoms with Gasteiger partial charge < -0.3 is 5.11 Å². The fraction of sp³-hybridized carbons (Fsp3) is 0.667. The fourth-order valence-electron chi connectivity index (χ4n) is 4.07. The third-order valence-electron chi connectivity index (χ3n) is 5.26. The van der Waals surface area contributed by atoms with E-state index in [1.165, 1.54) is 43.4 Å². The van der Waals surface area contributed by atoms with Gasteiger partial charge in [-0.05, 0) is 49.8 Å². The van der Waals surface area contributed by atoms with Gasteiger partial charge in [-0.1, -0.05) is 37.6 Å². The van der Waals surface area contributed by atoms with Gasteiger partial charge in [-0.25, -0.2) is 0 Å². The molecule has 0 amide bonds. The molecule has 2 heteroatoms. The number of aliphatic hydroxyl groups excluding tert-OH is 1. The molecule has 1 saturated carbocycles. The second-order valence-electron chi connectivity index (χ2n) is 6.51. The zero-order valence-corrected chi connectivity index (χ0v) is 12.6. The average molecular weight is 273 g/mol. The molecule has 3 unspecified atom stereocenters. The molecule has 0 spiro atoms. The molecule has 3 atom stereocenters. The molecular formula is C18H27NO. The zero-order valence-electron chi connectivity index (χ0n) is 12.6. The monoisotopic (exact) mass is 273 g/mol. The van der Waals surface area contributed by atoms with Crippen LogP contribution in [0, 0.1) is 5.92 Å². The number of likely N-dealkylation sites (tertiary alicyclic amines) is 1. The van der Waals surface area contributed by atoms with Crippen LogP contribution >= 0.6 is 0 Å². The van der Waals surface area contributed by atoms with E-state index in [2.05, 4.69) is 36.1 Å². The quantitative estimate of drug-likeness (QED) is 0.909. The van der Waals surface area contributed by atoms with Crippen LogP contribution in [0.5, 0.6) is 0 Å². The van der Waals surface area contributed by atoms with E-state index >= 15 is 0 Å². The van der Waals surface area contributed by atoms with Crippen molar-refractivity contribution in [3.63, 3.8) is 0 Å². The maximum atomic E-state index is 10.2. The molecule has 20 heavy (non-hydrogen) atoms. The van der Waals surface area contributed by atoms with Crippen LogP contribution in [0.15, 0.2) is 24.3 Å². The van der Waals surface area contributed by atoms with E-state index in [-0.39, 0.29) is 6.10 Å². The molecule has 2 fully saturated rings. The molecule has 0 radical (unpaired) electrons. The van der Waals surface area contributed by atoms with Crippen LogP contribution in [0.2, 0.25) is 0 Å². The van der Waals surface area contributed by atoms with Gasteiger partial charge in [0.05, 0.1) is 6.10 Å². The summed E-state index contributed by atoms with van der Waals surface area (Å²) in [5, 5.41) is 10.2. The molecule has 2 aliphatic rings. The molecule has 0 bridgehead atoms. The third kappa shape index (κ3) is 2.91. The smallest absolute Gasteiger partial charge is 0.0583 e. The van der Waals surface area contributed by atoms with Gasteiger partial charge in [-0.15, -0.1) is 0 Å². The van der Waals surface area contributed by atoms with Crippen molar-refractivity contribution in [1.82, 2.24) is 4.90 Å². The predicted octanol–water partition coefficient (Wildman–Crippen LogP) is 3.37. The van der Waals surface area contributed by atoms with Crippen LogP contribution in [-0.2, 0) is 13.0 Å². The highest BCUT2D eigenvalue weighted by Crippen LogP contribution is 2.36. The Morgan fingerprint density at radius 1 is 1.05 bits per heavy atom. The average Bonchev–Trinajstić information content (AvgIpc) is 3.08. The number of benzene rings is 1. The summed E-state index contributed by atoms with van der Waals surface area (Å²) in [5.41, 5.74) is 2.83. The Morgan fingerprint density at radius 2 is 1.80 bits per heavy atom. The Hall–Kier alpha value is -0.860. The Balaban J connectivity index is 1.65. The molecule has 3 rings (SSSR count). The molecule has 1 aliphatic heterocycles. The van der Waals surface area contributed by atoms with Gasteiger partial charge in [0, 0.05) is 18.5 Å².